The van der Waals surface area contributed by atoms with Crippen molar-refractivity contribution >= 4 is 84.9 Å². The van der Waals surface area contributed by atoms with Crippen molar-refractivity contribution in [3.05, 3.63) is 265 Å². The molecule has 1 aliphatic carbocycles. The van der Waals surface area contributed by atoms with Crippen LogP contribution in [0.1, 0.15) is 22.3 Å². The third kappa shape index (κ3) is 5.07. The van der Waals surface area contributed by atoms with Crippen LogP contribution in [-0.4, -0.2) is 8.07 Å². The molecule has 69 heavy (non-hydrogen) atoms. The Morgan fingerprint density at radius 1 is 0.391 bits per heavy atom. The molecular weight excluding hydrogens is 861 g/mol. The van der Waals surface area contributed by atoms with Gasteiger partial charge in [-0.05, 0) is 122 Å². The van der Waals surface area contributed by atoms with Gasteiger partial charge in [0.25, 0.3) is 0 Å². The average Bonchev–Trinajstić information content (AvgIpc) is 4.25. The van der Waals surface area contributed by atoms with Crippen LogP contribution in [0.3, 0.4) is 0 Å². The van der Waals surface area contributed by atoms with Crippen molar-refractivity contribution in [2.75, 3.05) is 9.80 Å². The molecule has 0 bridgehead atoms. The van der Waals surface area contributed by atoms with Crippen LogP contribution >= 0.6 is 0 Å². The van der Waals surface area contributed by atoms with Crippen LogP contribution in [0.2, 0.25) is 0 Å². The topological polar surface area (TPSA) is 45.9 Å². The quantitative estimate of drug-likeness (QED) is 0.156. The van der Waals surface area contributed by atoms with E-state index in [0.717, 1.165) is 84.3 Å². The van der Waals surface area contributed by atoms with Crippen molar-refractivity contribution in [1.82, 2.24) is 0 Å². The maximum absolute atomic E-state index is 6.49. The number of rotatable bonds is 6. The van der Waals surface area contributed by atoms with E-state index in [1.54, 1.807) is 0 Å². The van der Waals surface area contributed by atoms with E-state index < -0.39 is 13.5 Å². The molecule has 0 unspecified atom stereocenters. The van der Waals surface area contributed by atoms with Crippen LogP contribution in [0.25, 0.3) is 44.6 Å². The highest BCUT2D eigenvalue weighted by molar-refractivity contribution is 7.22. The highest BCUT2D eigenvalue weighted by Gasteiger charge is 2.57. The van der Waals surface area contributed by atoms with Crippen molar-refractivity contribution in [3.8, 4) is 22.6 Å². The van der Waals surface area contributed by atoms with Crippen LogP contribution in [0, 0.1) is 0 Å². The molecule has 5 nitrogen and oxygen atoms in total. The van der Waals surface area contributed by atoms with Gasteiger partial charge in [0.05, 0.1) is 29.3 Å². The van der Waals surface area contributed by atoms with Crippen LogP contribution < -0.4 is 30.5 Å². The van der Waals surface area contributed by atoms with Gasteiger partial charge >= 0.3 is 0 Å². The van der Waals surface area contributed by atoms with Gasteiger partial charge in [-0.25, -0.2) is 0 Å². The number of benzene rings is 9. The number of hydrogen-bond acceptors (Lipinski definition) is 5. The number of fused-ring (bicyclic) bond motifs is 15. The average molecular weight is 901 g/mol. The second-order valence-corrected chi connectivity index (χ2v) is 22.1. The molecular formula is C63H40N2O3Si. The lowest BCUT2D eigenvalue weighted by Crippen LogP contribution is -2.73. The van der Waals surface area contributed by atoms with Crippen molar-refractivity contribution in [3.63, 3.8) is 0 Å². The zero-order valence-electron chi connectivity index (χ0n) is 37.2. The molecule has 0 atom stereocenters. The maximum atomic E-state index is 6.49. The van der Waals surface area contributed by atoms with Crippen LogP contribution in [0.4, 0.5) is 34.1 Å². The monoisotopic (exact) mass is 900 g/mol. The molecule has 2 aliphatic heterocycles. The first kappa shape index (κ1) is 38.3. The van der Waals surface area contributed by atoms with E-state index in [9.17, 15) is 0 Å². The van der Waals surface area contributed by atoms with E-state index in [2.05, 4.69) is 234 Å². The minimum absolute atomic E-state index is 0.768. The summed E-state index contributed by atoms with van der Waals surface area (Å²) in [7, 11) is -2.94. The van der Waals surface area contributed by atoms with Gasteiger partial charge in [-0.2, -0.15) is 0 Å². The first-order chi connectivity index (χ1) is 34.2. The SMILES string of the molecule is c1ccc(N(c2ccccc2)c2ccc3c(c2)N(c2ccc4oc5ccccc5c4c2)c2cc4c(cc2C32c3ccoc3-c3occc32)[Si](c2ccccc2)(c2ccccc2)c2ccccc2-4)cc1. The van der Waals surface area contributed by atoms with Gasteiger partial charge in [0, 0.05) is 44.6 Å². The summed E-state index contributed by atoms with van der Waals surface area (Å²) in [5.41, 5.74) is 14.3. The molecule has 0 saturated heterocycles. The Bertz CT molecular complexity index is 3870. The molecule has 0 fully saturated rings. The van der Waals surface area contributed by atoms with Crippen molar-refractivity contribution in [2.24, 2.45) is 0 Å². The predicted molar refractivity (Wildman–Crippen MR) is 281 cm³/mol. The summed E-state index contributed by atoms with van der Waals surface area (Å²) in [5, 5.41) is 7.63. The van der Waals surface area contributed by atoms with Crippen LogP contribution in [0.5, 0.6) is 0 Å². The smallest absolute Gasteiger partial charge is 0.180 e. The fourth-order valence-electron chi connectivity index (χ4n) is 12.4. The number of para-hydroxylation sites is 3. The summed E-state index contributed by atoms with van der Waals surface area (Å²) in [6, 6.07) is 84.6. The molecule has 3 aliphatic rings. The summed E-state index contributed by atoms with van der Waals surface area (Å²) in [6.45, 7) is 0. The van der Waals surface area contributed by atoms with Gasteiger partial charge in [-0.1, -0.05) is 152 Å². The van der Waals surface area contributed by atoms with E-state index >= 15 is 0 Å². The highest BCUT2D eigenvalue weighted by Crippen LogP contribution is 2.65. The maximum Gasteiger partial charge on any atom is 0.180 e. The Labute approximate surface area is 399 Å². The lowest BCUT2D eigenvalue weighted by atomic mass is 9.65. The molecule has 12 aromatic rings. The predicted octanol–water partition coefficient (Wildman–Crippen LogP) is 13.7. The summed E-state index contributed by atoms with van der Waals surface area (Å²) < 4.78 is 19.5. The second kappa shape index (κ2) is 14.3. The molecule has 0 N–H and O–H groups in total. The van der Waals surface area contributed by atoms with Gasteiger partial charge < -0.3 is 23.1 Å². The van der Waals surface area contributed by atoms with E-state index in [0.29, 0.717) is 0 Å². The standard InChI is InChI=1S/C63H40N2O3Si/c1-5-17-41(18-6-1)64(42-19-7-2-8-20-42)44-29-31-51-55(38-44)65(43-30-32-58-49(37-43)47-25-13-15-27-57(47)68-58)56-39-50-48-26-14-16-28-59(48)69(45-21-9-3-10-22-45,46-23-11-4-12-24-46)60(50)40-54(56)63(51)52-33-35-66-61(52)62-53(63)34-36-67-62/h1-40H. The Morgan fingerprint density at radius 2 is 0.971 bits per heavy atom. The van der Waals surface area contributed by atoms with Crippen molar-refractivity contribution < 1.29 is 13.3 Å². The fraction of sp³-hybridized carbons (Fsp3) is 0.0159. The zero-order valence-corrected chi connectivity index (χ0v) is 38.2. The first-order valence-electron chi connectivity index (χ1n) is 23.6. The number of hydrogen-bond donors (Lipinski definition) is 0. The molecule has 1 spiro atoms. The van der Waals surface area contributed by atoms with Gasteiger partial charge in [0.1, 0.15) is 11.2 Å². The molecule has 0 amide bonds. The fourth-order valence-corrected chi connectivity index (χ4v) is 17.6. The Morgan fingerprint density at radius 3 is 1.65 bits per heavy atom. The summed E-state index contributed by atoms with van der Waals surface area (Å²) >= 11 is 0. The van der Waals surface area contributed by atoms with Crippen LogP contribution in [0.15, 0.2) is 256 Å². The summed E-state index contributed by atoms with van der Waals surface area (Å²) in [6.07, 6.45) is 3.66. The van der Waals surface area contributed by atoms with Crippen LogP contribution in [-0.2, 0) is 5.41 Å². The van der Waals surface area contributed by atoms with Gasteiger partial charge in [0.2, 0.25) is 0 Å². The molecule has 6 heteroatoms. The molecule has 324 valence electrons. The van der Waals surface area contributed by atoms with Gasteiger partial charge in [-0.3, -0.25) is 0 Å². The first-order valence-corrected chi connectivity index (χ1v) is 25.6. The highest BCUT2D eigenvalue weighted by atomic mass is 28.3. The Balaban J connectivity index is 1.10. The van der Waals surface area contributed by atoms with Crippen molar-refractivity contribution in [2.45, 2.75) is 5.41 Å². The largest absolute Gasteiger partial charge is 0.461 e. The summed E-state index contributed by atoms with van der Waals surface area (Å²) in [5.74, 6) is 1.54. The van der Waals surface area contributed by atoms with E-state index in [-0.39, 0.29) is 0 Å². The van der Waals surface area contributed by atoms with E-state index in [1.807, 2.05) is 18.6 Å². The number of furan rings is 3. The number of anilines is 6. The Hall–Kier alpha value is -8.84. The minimum Gasteiger partial charge on any atom is -0.461 e. The summed E-state index contributed by atoms with van der Waals surface area (Å²) in [4.78, 5) is 4.87. The molecule has 3 aromatic heterocycles. The third-order valence-corrected chi connectivity index (χ3v) is 20.0. The van der Waals surface area contributed by atoms with Crippen molar-refractivity contribution in [1.29, 1.82) is 0 Å². The van der Waals surface area contributed by atoms with Gasteiger partial charge in [-0.15, -0.1) is 0 Å². The van der Waals surface area contributed by atoms with E-state index in [4.69, 9.17) is 13.3 Å². The lowest BCUT2D eigenvalue weighted by molar-refractivity contribution is 0.525. The number of nitrogens with zero attached hydrogens (tertiary/aromatic N) is 2. The zero-order chi connectivity index (χ0) is 45.3. The molecule has 5 heterocycles. The molecule has 0 saturated carbocycles. The minimum atomic E-state index is -2.94. The third-order valence-electron chi connectivity index (χ3n) is 15.1. The second-order valence-electron chi connectivity index (χ2n) is 18.3. The Kier molecular flexibility index (Phi) is 7.95. The molecule has 9 aromatic carbocycles. The molecule has 0 radical (unpaired) electrons. The normalized spacial score (nSPS) is 14.3. The van der Waals surface area contributed by atoms with Gasteiger partial charge in [0.15, 0.2) is 19.6 Å². The lowest BCUT2D eigenvalue weighted by Gasteiger charge is -2.45. The molecule has 15 rings (SSSR count). The van der Waals surface area contributed by atoms with E-state index in [1.165, 1.54) is 37.4 Å².